The summed E-state index contributed by atoms with van der Waals surface area (Å²) in [5.74, 6) is 0.662. The molecule has 0 nitrogen and oxygen atoms in total. The topological polar surface area (TPSA) is 0 Å². The van der Waals surface area contributed by atoms with E-state index in [4.69, 9.17) is 0 Å². The lowest BCUT2D eigenvalue weighted by Crippen LogP contribution is -2.12. The molecule has 0 bridgehead atoms. The van der Waals surface area contributed by atoms with Crippen molar-refractivity contribution in [2.24, 2.45) is 0 Å². The van der Waals surface area contributed by atoms with E-state index in [0.29, 0.717) is 5.92 Å². The molecule has 0 radical (unpaired) electrons. The van der Waals surface area contributed by atoms with Gasteiger partial charge in [0.15, 0.2) is 0 Å². The van der Waals surface area contributed by atoms with Gasteiger partial charge in [0.2, 0.25) is 0 Å². The molecule has 4 aromatic carbocycles. The van der Waals surface area contributed by atoms with Gasteiger partial charge >= 0.3 is 0 Å². The van der Waals surface area contributed by atoms with Crippen LogP contribution in [0.3, 0.4) is 0 Å². The molecule has 0 N–H and O–H groups in total. The number of aryl methyl sites for hydroxylation is 1. The van der Waals surface area contributed by atoms with Crippen molar-refractivity contribution in [1.29, 1.82) is 0 Å². The van der Waals surface area contributed by atoms with Crippen LogP contribution in [0.4, 0.5) is 0 Å². The molecule has 0 aromatic heterocycles. The van der Waals surface area contributed by atoms with Crippen molar-refractivity contribution in [1.82, 2.24) is 0 Å². The molecule has 0 aliphatic heterocycles. The molecular weight excluding hydrogens is 539 g/mol. The van der Waals surface area contributed by atoms with Crippen LogP contribution in [-0.4, -0.2) is 0 Å². The zero-order chi connectivity index (χ0) is 22.2. The van der Waals surface area contributed by atoms with Crippen molar-refractivity contribution in [3.63, 3.8) is 0 Å². The number of halogens is 2. The van der Waals surface area contributed by atoms with Crippen LogP contribution in [-0.2, 0) is 0 Å². The van der Waals surface area contributed by atoms with Crippen LogP contribution in [0.15, 0.2) is 87.8 Å². The molecule has 1 fully saturated rings. The van der Waals surface area contributed by atoms with Crippen molar-refractivity contribution < 1.29 is 0 Å². The lowest BCUT2D eigenvalue weighted by molar-refractivity contribution is 0.420. The monoisotopic (exact) mass is 562 g/mol. The Morgan fingerprint density at radius 1 is 0.719 bits per heavy atom. The molecule has 0 amide bonds. The van der Waals surface area contributed by atoms with E-state index in [1.165, 1.54) is 69.1 Å². The molecule has 0 heterocycles. The molecule has 0 spiro atoms. The SMILES string of the molecule is Cc1cc(-c2ccccc2)c(P)c(-c2cccc(Br)c2)c1-c1cc(Br)ccc1C1CCC1. The summed E-state index contributed by atoms with van der Waals surface area (Å²) in [7, 11) is 3.06. The first-order valence-electron chi connectivity index (χ1n) is 11.1. The number of hydrogen-bond donors (Lipinski definition) is 0. The Labute approximate surface area is 209 Å². The first-order chi connectivity index (χ1) is 15.5. The van der Waals surface area contributed by atoms with Crippen LogP contribution in [0.25, 0.3) is 33.4 Å². The summed E-state index contributed by atoms with van der Waals surface area (Å²) in [6.45, 7) is 2.26. The van der Waals surface area contributed by atoms with Gasteiger partial charge in [0, 0.05) is 8.95 Å². The number of rotatable bonds is 4. The van der Waals surface area contributed by atoms with E-state index in [0.717, 1.165) is 8.95 Å². The lowest BCUT2D eigenvalue weighted by atomic mass is 9.75. The summed E-state index contributed by atoms with van der Waals surface area (Å²) >= 11 is 7.46. The zero-order valence-corrected chi connectivity index (χ0v) is 22.4. The average molecular weight is 564 g/mol. The third-order valence-electron chi connectivity index (χ3n) is 6.59. The van der Waals surface area contributed by atoms with Crippen LogP contribution < -0.4 is 5.30 Å². The largest absolute Gasteiger partial charge is 0.104 e. The second-order valence-electron chi connectivity index (χ2n) is 8.64. The fourth-order valence-corrected chi connectivity index (χ4v) is 6.12. The van der Waals surface area contributed by atoms with Crippen LogP contribution in [0.2, 0.25) is 0 Å². The highest BCUT2D eigenvalue weighted by molar-refractivity contribution is 9.10. The summed E-state index contributed by atoms with van der Waals surface area (Å²) in [5.41, 5.74) is 10.5. The first kappa shape index (κ1) is 22.1. The molecule has 5 rings (SSSR count). The molecule has 1 aliphatic rings. The number of benzene rings is 4. The van der Waals surface area contributed by atoms with E-state index in [-0.39, 0.29) is 0 Å². The van der Waals surface area contributed by atoms with Gasteiger partial charge in [-0.1, -0.05) is 92.9 Å². The summed E-state index contributed by atoms with van der Waals surface area (Å²) in [6, 6.07) is 28.6. The summed E-state index contributed by atoms with van der Waals surface area (Å²) in [6.07, 6.45) is 3.91. The van der Waals surface area contributed by atoms with Gasteiger partial charge in [0.1, 0.15) is 0 Å². The maximum Gasteiger partial charge on any atom is 0.0181 e. The Morgan fingerprint density at radius 2 is 1.44 bits per heavy atom. The van der Waals surface area contributed by atoms with Crippen LogP contribution in [0.5, 0.6) is 0 Å². The second kappa shape index (κ2) is 9.26. The Bertz CT molecular complexity index is 1290. The maximum atomic E-state index is 3.76. The van der Waals surface area contributed by atoms with Crippen LogP contribution >= 0.6 is 41.1 Å². The third kappa shape index (κ3) is 4.14. The zero-order valence-electron chi connectivity index (χ0n) is 18.0. The van der Waals surface area contributed by atoms with Crippen molar-refractivity contribution in [3.8, 4) is 33.4 Å². The molecule has 1 saturated carbocycles. The maximum absolute atomic E-state index is 3.76. The Morgan fingerprint density at radius 3 is 2.12 bits per heavy atom. The van der Waals surface area contributed by atoms with E-state index in [9.17, 15) is 0 Å². The third-order valence-corrected chi connectivity index (χ3v) is 8.18. The van der Waals surface area contributed by atoms with Crippen molar-refractivity contribution in [3.05, 3.63) is 98.9 Å². The highest BCUT2D eigenvalue weighted by atomic mass is 79.9. The van der Waals surface area contributed by atoms with Gasteiger partial charge in [0.25, 0.3) is 0 Å². The normalized spacial score (nSPS) is 13.8. The van der Waals surface area contributed by atoms with Gasteiger partial charge < -0.3 is 0 Å². The van der Waals surface area contributed by atoms with E-state index >= 15 is 0 Å². The predicted octanol–water partition coefficient (Wildman–Crippen LogP) is 9.29. The highest BCUT2D eigenvalue weighted by Gasteiger charge is 2.26. The van der Waals surface area contributed by atoms with E-state index < -0.39 is 0 Å². The van der Waals surface area contributed by atoms with Gasteiger partial charge in [-0.25, -0.2) is 0 Å². The fraction of sp³-hybridized carbons (Fsp3) is 0.172. The molecule has 0 saturated heterocycles. The smallest absolute Gasteiger partial charge is 0.0181 e. The van der Waals surface area contributed by atoms with Crippen molar-refractivity contribution in [2.75, 3.05) is 0 Å². The Hall–Kier alpha value is -1.73. The minimum absolute atomic E-state index is 0.662. The van der Waals surface area contributed by atoms with E-state index in [2.05, 4.69) is 127 Å². The predicted molar refractivity (Wildman–Crippen MR) is 149 cm³/mol. The Kier molecular flexibility index (Phi) is 6.39. The first-order valence-corrected chi connectivity index (χ1v) is 13.2. The molecule has 4 aromatic rings. The molecule has 1 unspecified atom stereocenters. The van der Waals surface area contributed by atoms with Crippen LogP contribution in [0.1, 0.15) is 36.3 Å². The minimum atomic E-state index is 0.662. The fourth-order valence-electron chi connectivity index (χ4n) is 4.80. The van der Waals surface area contributed by atoms with Gasteiger partial charge in [-0.15, -0.1) is 9.24 Å². The van der Waals surface area contributed by atoms with Gasteiger partial charge in [0.05, 0.1) is 0 Å². The minimum Gasteiger partial charge on any atom is -0.104 e. The van der Waals surface area contributed by atoms with Crippen molar-refractivity contribution >= 4 is 46.4 Å². The molecular formula is C29H25Br2P. The molecule has 1 aliphatic carbocycles. The Balaban J connectivity index is 1.84. The van der Waals surface area contributed by atoms with Gasteiger partial charge in [-0.05, 0) is 99.8 Å². The summed E-state index contributed by atoms with van der Waals surface area (Å²) < 4.78 is 2.23. The number of hydrogen-bond acceptors (Lipinski definition) is 0. The van der Waals surface area contributed by atoms with E-state index in [1.54, 1.807) is 0 Å². The average Bonchev–Trinajstić information content (AvgIpc) is 2.75. The van der Waals surface area contributed by atoms with Gasteiger partial charge in [-0.2, -0.15) is 0 Å². The lowest BCUT2D eigenvalue weighted by Gasteiger charge is -2.30. The molecule has 3 heteroatoms. The van der Waals surface area contributed by atoms with Crippen molar-refractivity contribution in [2.45, 2.75) is 32.1 Å². The second-order valence-corrected chi connectivity index (χ2v) is 11.0. The highest BCUT2D eigenvalue weighted by Crippen LogP contribution is 2.46. The standard InChI is InChI=1S/C29H25Br2P/c1-18-15-25(20-7-3-2-4-8-20)29(32)28(21-11-6-12-22(30)16-21)27(18)26-17-23(31)13-14-24(26)19-9-5-10-19/h2-4,6-8,11-17,19H,5,9-10,32H2,1H3. The van der Waals surface area contributed by atoms with E-state index in [1.807, 2.05) is 0 Å². The molecule has 160 valence electrons. The van der Waals surface area contributed by atoms with Crippen LogP contribution in [0, 0.1) is 6.92 Å². The summed E-state index contributed by atoms with van der Waals surface area (Å²) in [4.78, 5) is 0. The van der Waals surface area contributed by atoms with Gasteiger partial charge in [-0.3, -0.25) is 0 Å². The summed E-state index contributed by atoms with van der Waals surface area (Å²) in [5, 5.41) is 1.24. The molecule has 32 heavy (non-hydrogen) atoms. The quantitative estimate of drug-likeness (QED) is 0.217. The molecule has 1 atom stereocenters.